The molecule has 1 aliphatic rings. The van der Waals surface area contributed by atoms with Crippen LogP contribution in [0.2, 0.25) is 10.3 Å². The van der Waals surface area contributed by atoms with Gasteiger partial charge in [0, 0.05) is 26.2 Å². The number of anilines is 2. The Labute approximate surface area is 180 Å². The molecule has 0 N–H and O–H groups in total. The fraction of sp³-hybridized carbons (Fsp3) is 0.375. The first kappa shape index (κ1) is 21.1. The largest absolute Gasteiger partial charge is 0.352 e. The van der Waals surface area contributed by atoms with Crippen LogP contribution < -0.4 is 9.80 Å². The number of carbonyl (C=O) groups is 2. The Kier molecular flexibility index (Phi) is 6.97. The molecule has 2 aromatic heterocycles. The number of piperazine rings is 1. The minimum Gasteiger partial charge on any atom is -0.352 e. The van der Waals surface area contributed by atoms with Crippen molar-refractivity contribution in [3.05, 3.63) is 21.4 Å². The highest BCUT2D eigenvalue weighted by Gasteiger charge is 2.26. The van der Waals surface area contributed by atoms with Gasteiger partial charge in [0.1, 0.15) is 21.9 Å². The summed E-state index contributed by atoms with van der Waals surface area (Å²) in [5.74, 6) is 1.03. The molecule has 0 radical (unpaired) electrons. The van der Waals surface area contributed by atoms with Crippen LogP contribution in [0.5, 0.6) is 0 Å². The quantitative estimate of drug-likeness (QED) is 0.278. The highest BCUT2D eigenvalue weighted by molar-refractivity contribution is 7.98. The summed E-state index contributed by atoms with van der Waals surface area (Å²) in [6, 6.07) is 0. The van der Waals surface area contributed by atoms with E-state index in [9.17, 15) is 9.59 Å². The lowest BCUT2D eigenvalue weighted by Gasteiger charge is -2.37. The van der Waals surface area contributed by atoms with Gasteiger partial charge < -0.3 is 9.80 Å². The summed E-state index contributed by atoms with van der Waals surface area (Å²) in [4.78, 5) is 44.1. The third-order valence-corrected chi connectivity index (χ3v) is 5.87. The molecule has 0 aliphatic carbocycles. The molecular weight excluding hydrogens is 443 g/mol. The van der Waals surface area contributed by atoms with Crippen molar-refractivity contribution in [2.75, 3.05) is 48.5 Å². The zero-order valence-electron chi connectivity index (χ0n) is 15.1. The van der Waals surface area contributed by atoms with Gasteiger partial charge in [-0.15, -0.1) is 0 Å². The summed E-state index contributed by atoms with van der Waals surface area (Å²) in [7, 11) is 0. The molecule has 0 aromatic carbocycles. The van der Waals surface area contributed by atoms with Gasteiger partial charge in [-0.25, -0.2) is 19.9 Å². The topological polar surface area (TPSA) is 92.2 Å². The van der Waals surface area contributed by atoms with Gasteiger partial charge in [-0.3, -0.25) is 9.59 Å². The number of nitrogens with zero attached hydrogens (tertiary/aromatic N) is 6. The van der Waals surface area contributed by atoms with Gasteiger partial charge in [-0.2, -0.15) is 0 Å². The van der Waals surface area contributed by atoms with Crippen molar-refractivity contribution in [2.24, 2.45) is 0 Å². The maximum absolute atomic E-state index is 11.5. The standard InChI is InChI=1S/C16H16Cl2N6O2S2/c1-27-15-19-11(17)9(7-25)13(21-15)23-3-5-24(6-4-23)14-10(8-26)12(18)20-16(22-14)28-2/h7-8H,3-6H2,1-2H3. The van der Waals surface area contributed by atoms with Crippen LogP contribution in [0.1, 0.15) is 20.7 Å². The van der Waals surface area contributed by atoms with E-state index in [1.54, 1.807) is 0 Å². The summed E-state index contributed by atoms with van der Waals surface area (Å²) >= 11 is 15.0. The van der Waals surface area contributed by atoms with Crippen molar-refractivity contribution in [1.29, 1.82) is 0 Å². The van der Waals surface area contributed by atoms with E-state index in [-0.39, 0.29) is 21.4 Å². The highest BCUT2D eigenvalue weighted by Crippen LogP contribution is 2.29. The zero-order valence-corrected chi connectivity index (χ0v) is 18.2. The number of thioether (sulfide) groups is 2. The van der Waals surface area contributed by atoms with Gasteiger partial charge in [0.05, 0.1) is 11.1 Å². The van der Waals surface area contributed by atoms with Gasteiger partial charge >= 0.3 is 0 Å². The minimum atomic E-state index is 0.141. The van der Waals surface area contributed by atoms with Gasteiger partial charge in [0.15, 0.2) is 22.9 Å². The van der Waals surface area contributed by atoms with E-state index in [1.807, 2.05) is 22.3 Å². The van der Waals surface area contributed by atoms with Crippen LogP contribution in [0.15, 0.2) is 10.3 Å². The number of carbonyl (C=O) groups excluding carboxylic acids is 2. The molecule has 28 heavy (non-hydrogen) atoms. The molecule has 3 heterocycles. The van der Waals surface area contributed by atoms with Crippen LogP contribution >= 0.6 is 46.7 Å². The Morgan fingerprint density at radius 2 is 1.11 bits per heavy atom. The molecule has 1 saturated heterocycles. The lowest BCUT2D eigenvalue weighted by Crippen LogP contribution is -2.48. The first-order chi connectivity index (χ1) is 13.5. The van der Waals surface area contributed by atoms with Crippen molar-refractivity contribution in [2.45, 2.75) is 10.3 Å². The maximum Gasteiger partial charge on any atom is 0.190 e. The van der Waals surface area contributed by atoms with Gasteiger partial charge in [0.25, 0.3) is 0 Å². The smallest absolute Gasteiger partial charge is 0.190 e. The molecule has 0 unspecified atom stereocenters. The average molecular weight is 459 g/mol. The second kappa shape index (κ2) is 9.25. The first-order valence-electron chi connectivity index (χ1n) is 8.15. The summed E-state index contributed by atoms with van der Waals surface area (Å²) < 4.78 is 0. The average Bonchev–Trinajstić information content (AvgIpc) is 2.72. The number of hydrogen-bond donors (Lipinski definition) is 0. The number of aldehydes is 2. The van der Waals surface area contributed by atoms with Crippen LogP contribution in [0.3, 0.4) is 0 Å². The number of rotatable bonds is 6. The van der Waals surface area contributed by atoms with E-state index >= 15 is 0 Å². The van der Waals surface area contributed by atoms with Crippen LogP contribution in [0.25, 0.3) is 0 Å². The van der Waals surface area contributed by atoms with Crippen LogP contribution in [0.4, 0.5) is 11.6 Å². The van der Waals surface area contributed by atoms with E-state index in [4.69, 9.17) is 23.2 Å². The molecule has 0 bridgehead atoms. The number of halogens is 2. The lowest BCUT2D eigenvalue weighted by atomic mass is 10.2. The minimum absolute atomic E-state index is 0.141. The van der Waals surface area contributed by atoms with Gasteiger partial charge in [-0.05, 0) is 12.5 Å². The van der Waals surface area contributed by atoms with Crippen molar-refractivity contribution >= 4 is 70.9 Å². The molecule has 1 fully saturated rings. The van der Waals surface area contributed by atoms with Crippen molar-refractivity contribution < 1.29 is 9.59 Å². The Morgan fingerprint density at radius 1 is 0.750 bits per heavy atom. The molecule has 0 amide bonds. The fourth-order valence-electron chi connectivity index (χ4n) is 2.82. The highest BCUT2D eigenvalue weighted by atomic mass is 35.5. The SMILES string of the molecule is CSc1nc(Cl)c(C=O)c(N2CCN(c3nc(SC)nc(Cl)c3C=O)CC2)n1. The Bertz CT molecular complexity index is 836. The summed E-state index contributed by atoms with van der Waals surface area (Å²) in [5, 5.41) is 1.29. The fourth-order valence-corrected chi connectivity index (χ4v) is 4.06. The third kappa shape index (κ3) is 4.19. The predicted molar refractivity (Wildman–Crippen MR) is 113 cm³/mol. The second-order valence-corrected chi connectivity index (χ2v) is 7.95. The van der Waals surface area contributed by atoms with Crippen LogP contribution in [0, 0.1) is 0 Å². The van der Waals surface area contributed by atoms with Crippen LogP contribution in [-0.4, -0.2) is 71.2 Å². The monoisotopic (exact) mass is 458 g/mol. The van der Waals surface area contributed by atoms with Crippen molar-refractivity contribution in [3.8, 4) is 0 Å². The zero-order chi connectivity index (χ0) is 20.3. The van der Waals surface area contributed by atoms with E-state index in [0.29, 0.717) is 60.7 Å². The third-order valence-electron chi connectivity index (χ3n) is 4.20. The molecule has 3 rings (SSSR count). The van der Waals surface area contributed by atoms with Gasteiger partial charge in [0.2, 0.25) is 0 Å². The van der Waals surface area contributed by atoms with Crippen LogP contribution in [-0.2, 0) is 0 Å². The van der Waals surface area contributed by atoms with E-state index in [1.165, 1.54) is 23.5 Å². The molecule has 8 nitrogen and oxygen atoms in total. The normalized spacial score (nSPS) is 14.3. The number of aromatic nitrogens is 4. The van der Waals surface area contributed by atoms with Crippen molar-refractivity contribution in [1.82, 2.24) is 19.9 Å². The Balaban J connectivity index is 1.86. The Morgan fingerprint density at radius 3 is 1.39 bits per heavy atom. The molecule has 148 valence electrons. The molecule has 0 saturated carbocycles. The van der Waals surface area contributed by atoms with E-state index in [2.05, 4.69) is 19.9 Å². The molecule has 0 spiro atoms. The predicted octanol–water partition coefficient (Wildman–Crippen LogP) is 2.97. The molecular formula is C16H16Cl2N6O2S2. The molecule has 2 aromatic rings. The summed E-state index contributed by atoms with van der Waals surface area (Å²) in [5.41, 5.74) is 0.549. The van der Waals surface area contributed by atoms with Crippen molar-refractivity contribution in [3.63, 3.8) is 0 Å². The summed E-state index contributed by atoms with van der Waals surface area (Å²) in [6.07, 6.45) is 5.04. The lowest BCUT2D eigenvalue weighted by molar-refractivity contribution is 0.111. The maximum atomic E-state index is 11.5. The molecule has 1 aliphatic heterocycles. The van der Waals surface area contributed by atoms with Gasteiger partial charge in [-0.1, -0.05) is 46.7 Å². The molecule has 0 atom stereocenters. The van der Waals surface area contributed by atoms with E-state index < -0.39 is 0 Å². The molecule has 12 heteroatoms. The second-order valence-electron chi connectivity index (χ2n) is 5.69. The van der Waals surface area contributed by atoms with E-state index in [0.717, 1.165) is 0 Å². The first-order valence-corrected chi connectivity index (χ1v) is 11.4. The Hall–Kier alpha value is -1.62. The summed E-state index contributed by atoms with van der Waals surface area (Å²) in [6.45, 7) is 2.26. The number of hydrogen-bond acceptors (Lipinski definition) is 10.